The number of carbonyl (C=O) groups excluding carboxylic acids is 2. The second-order valence-corrected chi connectivity index (χ2v) is 9.99. The van der Waals surface area contributed by atoms with Gasteiger partial charge in [0.25, 0.3) is 11.1 Å². The van der Waals surface area contributed by atoms with Crippen molar-refractivity contribution >= 4 is 52.1 Å². The molecule has 2 amide bonds. The number of fused-ring (bicyclic) bond motifs is 1. The molecule has 3 fully saturated rings. The Hall–Kier alpha value is -4.11. The normalized spacial score (nSPS) is 19.2. The largest absolute Gasteiger partial charge is 0.367 e. The van der Waals surface area contributed by atoms with Crippen LogP contribution in [0.2, 0.25) is 0 Å². The van der Waals surface area contributed by atoms with Gasteiger partial charge in [-0.15, -0.1) is 0 Å². The number of nitrogens with zero attached hydrogens (tertiary/aromatic N) is 7. The minimum Gasteiger partial charge on any atom is -0.367 e. The maximum absolute atomic E-state index is 12.1. The van der Waals surface area contributed by atoms with Crippen molar-refractivity contribution in [2.45, 2.75) is 25.8 Å². The van der Waals surface area contributed by atoms with Gasteiger partial charge in [0.05, 0.1) is 16.7 Å². The number of anilines is 3. The smallest absolute Gasteiger partial charge is 0.290 e. The predicted molar refractivity (Wildman–Crippen MR) is 137 cm³/mol. The van der Waals surface area contributed by atoms with Crippen molar-refractivity contribution in [2.75, 3.05) is 41.3 Å². The van der Waals surface area contributed by atoms with E-state index in [4.69, 9.17) is 4.98 Å². The lowest BCUT2D eigenvalue weighted by Crippen LogP contribution is -2.47. The van der Waals surface area contributed by atoms with Gasteiger partial charge < -0.3 is 15.1 Å². The molecule has 0 aromatic carbocycles. The van der Waals surface area contributed by atoms with E-state index < -0.39 is 5.91 Å². The van der Waals surface area contributed by atoms with Gasteiger partial charge >= 0.3 is 0 Å². The third-order valence-electron chi connectivity index (χ3n) is 6.52. The van der Waals surface area contributed by atoms with E-state index in [-0.39, 0.29) is 5.24 Å². The molecule has 1 saturated carbocycles. The van der Waals surface area contributed by atoms with E-state index in [1.165, 1.54) is 0 Å². The van der Waals surface area contributed by atoms with Crippen molar-refractivity contribution in [3.63, 3.8) is 0 Å². The highest BCUT2D eigenvalue weighted by Crippen LogP contribution is 2.34. The molecule has 1 aliphatic carbocycles. The van der Waals surface area contributed by atoms with Crippen LogP contribution in [0, 0.1) is 18.3 Å². The summed E-state index contributed by atoms with van der Waals surface area (Å²) in [6.45, 7) is 4.89. The van der Waals surface area contributed by atoms with Gasteiger partial charge in [0.15, 0.2) is 5.65 Å². The van der Waals surface area contributed by atoms with Gasteiger partial charge in [0.2, 0.25) is 0 Å². The van der Waals surface area contributed by atoms with E-state index in [0.29, 0.717) is 59.7 Å². The number of hydrogen-bond acceptors (Lipinski definition) is 10. The van der Waals surface area contributed by atoms with Crippen LogP contribution in [-0.2, 0) is 4.79 Å². The van der Waals surface area contributed by atoms with Crippen LogP contribution in [0.15, 0.2) is 29.4 Å². The molecule has 3 aromatic heterocycles. The highest BCUT2D eigenvalue weighted by molar-refractivity contribution is 8.18. The summed E-state index contributed by atoms with van der Waals surface area (Å²) in [6, 6.07) is 6.20. The fourth-order valence-electron chi connectivity index (χ4n) is 4.51. The van der Waals surface area contributed by atoms with E-state index in [1.54, 1.807) is 35.1 Å². The molecule has 3 aromatic rings. The van der Waals surface area contributed by atoms with Gasteiger partial charge in [0.1, 0.15) is 23.5 Å². The number of nitrogens with one attached hydrogen (secondary N) is 2. The minimum absolute atomic E-state index is 0.327. The topological polar surface area (TPSA) is 132 Å². The molecule has 0 radical (unpaired) electrons. The molecular formula is C24H23N9O2S. The summed E-state index contributed by atoms with van der Waals surface area (Å²) in [5.74, 6) is 2.05. The van der Waals surface area contributed by atoms with Gasteiger partial charge in [0, 0.05) is 49.5 Å². The Morgan fingerprint density at radius 1 is 1.19 bits per heavy atom. The maximum Gasteiger partial charge on any atom is 0.290 e. The molecule has 2 aliphatic heterocycles. The average molecular weight is 502 g/mol. The molecule has 5 heterocycles. The molecule has 2 N–H and O–H groups in total. The monoisotopic (exact) mass is 501 g/mol. The fraction of sp³-hybridized carbons (Fsp3) is 0.333. The Morgan fingerprint density at radius 3 is 2.61 bits per heavy atom. The van der Waals surface area contributed by atoms with E-state index in [2.05, 4.69) is 36.6 Å². The Labute approximate surface area is 211 Å². The number of aromatic nitrogens is 4. The molecule has 0 spiro atoms. The molecule has 36 heavy (non-hydrogen) atoms. The first-order valence-corrected chi connectivity index (χ1v) is 12.6. The Bertz CT molecular complexity index is 1460. The summed E-state index contributed by atoms with van der Waals surface area (Å²) in [5, 5.41) is 19.5. The summed E-state index contributed by atoms with van der Waals surface area (Å²) in [5.41, 5.74) is 2.87. The molecule has 0 bridgehead atoms. The van der Waals surface area contributed by atoms with E-state index in [9.17, 15) is 14.9 Å². The molecule has 12 heteroatoms. The molecule has 0 unspecified atom stereocenters. The second-order valence-electron chi connectivity index (χ2n) is 8.98. The highest BCUT2D eigenvalue weighted by Gasteiger charge is 2.29. The maximum atomic E-state index is 12.1. The highest BCUT2D eigenvalue weighted by atomic mass is 32.2. The zero-order valence-corrected chi connectivity index (χ0v) is 20.4. The van der Waals surface area contributed by atoms with Crippen molar-refractivity contribution in [3.8, 4) is 6.07 Å². The first kappa shape index (κ1) is 22.4. The SMILES string of the molecule is Cc1c(N2CCN(c3ncccc3C#N)CC2)nc2c(C=C3SC(=O)NC3=O)cnn2c1NC1CC1. The molecule has 2 saturated heterocycles. The van der Waals surface area contributed by atoms with Crippen LogP contribution in [-0.4, -0.2) is 62.9 Å². The summed E-state index contributed by atoms with van der Waals surface area (Å²) >= 11 is 0.878. The number of carbonyl (C=O) groups is 2. The van der Waals surface area contributed by atoms with E-state index in [1.807, 2.05) is 6.92 Å². The lowest BCUT2D eigenvalue weighted by molar-refractivity contribution is -0.115. The Balaban J connectivity index is 1.35. The van der Waals surface area contributed by atoms with Crippen molar-refractivity contribution in [1.82, 2.24) is 24.9 Å². The Kier molecular flexibility index (Phi) is 5.49. The van der Waals surface area contributed by atoms with Crippen molar-refractivity contribution in [1.29, 1.82) is 5.26 Å². The molecular weight excluding hydrogens is 478 g/mol. The van der Waals surface area contributed by atoms with Crippen LogP contribution in [0.25, 0.3) is 11.7 Å². The minimum atomic E-state index is -0.407. The quantitative estimate of drug-likeness (QED) is 0.503. The number of nitriles is 1. The van der Waals surface area contributed by atoms with Gasteiger partial charge in [-0.1, -0.05) is 0 Å². The number of amides is 2. The summed E-state index contributed by atoms with van der Waals surface area (Å²) < 4.78 is 1.78. The van der Waals surface area contributed by atoms with Crippen LogP contribution in [0.3, 0.4) is 0 Å². The molecule has 6 rings (SSSR count). The zero-order chi connectivity index (χ0) is 24.8. The molecule has 0 atom stereocenters. The summed E-state index contributed by atoms with van der Waals surface area (Å²) in [4.78, 5) is 37.9. The standard InChI is InChI=1S/C24H23N9O2S/c1-14-19(31-7-9-32(10-8-31)21-15(12-25)3-2-6-26-21)29-22-16(11-18-23(34)30-24(35)36-18)13-27-33(22)20(14)28-17-4-5-17/h2-3,6,11,13,17,28H,4-5,7-10H2,1H3,(H,30,34,35). The van der Waals surface area contributed by atoms with Gasteiger partial charge in [-0.2, -0.15) is 14.9 Å². The van der Waals surface area contributed by atoms with Crippen LogP contribution >= 0.6 is 11.8 Å². The third-order valence-corrected chi connectivity index (χ3v) is 7.33. The number of imide groups is 1. The predicted octanol–water partition coefficient (Wildman–Crippen LogP) is 2.53. The molecule has 3 aliphatic rings. The summed E-state index contributed by atoms with van der Waals surface area (Å²) in [6.07, 6.45) is 7.28. The van der Waals surface area contributed by atoms with Gasteiger partial charge in [-0.25, -0.2) is 9.97 Å². The first-order chi connectivity index (χ1) is 17.5. The number of piperazine rings is 1. The zero-order valence-electron chi connectivity index (χ0n) is 19.6. The van der Waals surface area contributed by atoms with Crippen LogP contribution in [0.1, 0.15) is 29.5 Å². The van der Waals surface area contributed by atoms with E-state index in [0.717, 1.165) is 41.8 Å². The number of thioether (sulfide) groups is 1. The number of pyridine rings is 1. The van der Waals surface area contributed by atoms with Crippen LogP contribution in [0.5, 0.6) is 0 Å². The first-order valence-electron chi connectivity index (χ1n) is 11.8. The van der Waals surface area contributed by atoms with Crippen molar-refractivity contribution < 1.29 is 9.59 Å². The third kappa shape index (κ3) is 4.01. The number of hydrogen-bond donors (Lipinski definition) is 2. The van der Waals surface area contributed by atoms with Crippen LogP contribution < -0.4 is 20.4 Å². The van der Waals surface area contributed by atoms with Gasteiger partial charge in [-0.3, -0.25) is 14.9 Å². The summed E-state index contributed by atoms with van der Waals surface area (Å²) in [7, 11) is 0. The fourth-order valence-corrected chi connectivity index (χ4v) is 5.18. The number of rotatable bonds is 5. The average Bonchev–Trinajstić information content (AvgIpc) is 3.54. The van der Waals surface area contributed by atoms with Crippen LogP contribution in [0.4, 0.5) is 22.2 Å². The van der Waals surface area contributed by atoms with Crippen molar-refractivity contribution in [3.05, 3.63) is 46.1 Å². The van der Waals surface area contributed by atoms with Crippen molar-refractivity contribution in [2.24, 2.45) is 0 Å². The molecule has 182 valence electrons. The second kappa shape index (κ2) is 8.83. The van der Waals surface area contributed by atoms with Gasteiger partial charge in [-0.05, 0) is 49.7 Å². The molecule has 11 nitrogen and oxygen atoms in total. The Morgan fingerprint density at radius 2 is 1.94 bits per heavy atom. The lowest BCUT2D eigenvalue weighted by atomic mass is 10.2. The lowest BCUT2D eigenvalue weighted by Gasteiger charge is -2.37. The van der Waals surface area contributed by atoms with E-state index >= 15 is 0 Å².